The van der Waals surface area contributed by atoms with Crippen molar-refractivity contribution in [2.45, 2.75) is 38.4 Å². The van der Waals surface area contributed by atoms with E-state index < -0.39 is 5.60 Å². The summed E-state index contributed by atoms with van der Waals surface area (Å²) in [6.07, 6.45) is 1.57. The van der Waals surface area contributed by atoms with Crippen molar-refractivity contribution in [1.82, 2.24) is 5.32 Å². The van der Waals surface area contributed by atoms with Crippen molar-refractivity contribution in [3.05, 3.63) is 65.2 Å². The Bertz CT molecular complexity index is 724. The molecule has 0 radical (unpaired) electrons. The van der Waals surface area contributed by atoms with Crippen molar-refractivity contribution < 1.29 is 14.6 Å². The summed E-state index contributed by atoms with van der Waals surface area (Å²) in [5.41, 5.74) is 1.66. The van der Waals surface area contributed by atoms with Gasteiger partial charge in [0.1, 0.15) is 11.4 Å². The largest absolute Gasteiger partial charge is 0.491 e. The van der Waals surface area contributed by atoms with E-state index in [1.165, 1.54) is 0 Å². The molecule has 24 heavy (non-hydrogen) atoms. The van der Waals surface area contributed by atoms with Crippen molar-refractivity contribution in [1.29, 1.82) is 0 Å². The first-order chi connectivity index (χ1) is 11.5. The molecule has 2 aromatic carbocycles. The van der Waals surface area contributed by atoms with Crippen LogP contribution < -0.4 is 10.1 Å². The highest BCUT2D eigenvalue weighted by Crippen LogP contribution is 2.36. The number of nitrogens with one attached hydrogen (secondary N) is 1. The first kappa shape index (κ1) is 16.5. The van der Waals surface area contributed by atoms with Crippen LogP contribution in [0.4, 0.5) is 0 Å². The number of benzene rings is 2. The average molecular weight is 325 g/mol. The van der Waals surface area contributed by atoms with Gasteiger partial charge < -0.3 is 15.2 Å². The maximum Gasteiger partial charge on any atom is 0.251 e. The number of hydrogen-bond donors (Lipinski definition) is 2. The number of aliphatic hydroxyl groups is 1. The Kier molecular flexibility index (Phi) is 4.58. The zero-order valence-corrected chi connectivity index (χ0v) is 14.1. The van der Waals surface area contributed by atoms with Gasteiger partial charge in [0.2, 0.25) is 0 Å². The third-order valence-corrected chi connectivity index (χ3v) is 4.36. The maximum atomic E-state index is 12.3. The van der Waals surface area contributed by atoms with Gasteiger partial charge in [-0.15, -0.1) is 0 Å². The van der Waals surface area contributed by atoms with E-state index in [-0.39, 0.29) is 18.6 Å². The van der Waals surface area contributed by atoms with E-state index in [1.807, 2.05) is 38.1 Å². The van der Waals surface area contributed by atoms with Crippen LogP contribution in [0.5, 0.6) is 5.75 Å². The van der Waals surface area contributed by atoms with E-state index in [2.05, 4.69) is 5.32 Å². The predicted octanol–water partition coefficient (Wildman–Crippen LogP) is 3.04. The maximum absolute atomic E-state index is 12.3. The molecule has 3 rings (SSSR count). The number of carbonyl (C=O) groups excluding carboxylic acids is 1. The first-order valence-corrected chi connectivity index (χ1v) is 8.34. The molecule has 1 amide bonds. The van der Waals surface area contributed by atoms with Crippen LogP contribution in [0.15, 0.2) is 48.5 Å². The predicted molar refractivity (Wildman–Crippen MR) is 93.2 cm³/mol. The Labute approximate surface area is 142 Å². The molecule has 126 valence electrons. The van der Waals surface area contributed by atoms with E-state index in [9.17, 15) is 9.90 Å². The fraction of sp³-hybridized carbons (Fsp3) is 0.350. The molecular weight excluding hydrogens is 302 g/mol. The molecule has 4 heteroatoms. The fourth-order valence-corrected chi connectivity index (χ4v) is 3.14. The highest BCUT2D eigenvalue weighted by molar-refractivity contribution is 5.94. The second-order valence-corrected chi connectivity index (χ2v) is 6.56. The molecule has 1 aliphatic rings. The normalized spacial score (nSPS) is 19.2. The van der Waals surface area contributed by atoms with Crippen LogP contribution in [0.1, 0.15) is 41.8 Å². The fourth-order valence-electron chi connectivity index (χ4n) is 3.14. The van der Waals surface area contributed by atoms with Crippen LogP contribution >= 0.6 is 0 Å². The lowest BCUT2D eigenvalue weighted by atomic mass is 9.96. The molecule has 0 aliphatic heterocycles. The molecule has 0 bridgehead atoms. The summed E-state index contributed by atoms with van der Waals surface area (Å²) in [5, 5.41) is 13.7. The van der Waals surface area contributed by atoms with Crippen molar-refractivity contribution in [3.8, 4) is 5.75 Å². The monoisotopic (exact) mass is 325 g/mol. The third kappa shape index (κ3) is 3.44. The van der Waals surface area contributed by atoms with Crippen LogP contribution in [-0.4, -0.2) is 23.7 Å². The van der Waals surface area contributed by atoms with E-state index in [1.54, 1.807) is 24.3 Å². The van der Waals surface area contributed by atoms with Gasteiger partial charge in [0, 0.05) is 5.56 Å². The van der Waals surface area contributed by atoms with Crippen LogP contribution in [0.3, 0.4) is 0 Å². The van der Waals surface area contributed by atoms with E-state index in [4.69, 9.17) is 4.74 Å². The Hall–Kier alpha value is -2.33. The van der Waals surface area contributed by atoms with Crippen LogP contribution in [0.2, 0.25) is 0 Å². The van der Waals surface area contributed by atoms with E-state index >= 15 is 0 Å². The summed E-state index contributed by atoms with van der Waals surface area (Å²) < 4.78 is 5.57. The molecule has 0 heterocycles. The molecule has 2 N–H and O–H groups in total. The van der Waals surface area contributed by atoms with Gasteiger partial charge in [-0.2, -0.15) is 0 Å². The molecular formula is C20H23NO3. The molecule has 0 fully saturated rings. The van der Waals surface area contributed by atoms with Crippen molar-refractivity contribution in [2.24, 2.45) is 0 Å². The molecule has 0 spiro atoms. The van der Waals surface area contributed by atoms with Gasteiger partial charge in [-0.25, -0.2) is 0 Å². The number of carbonyl (C=O) groups is 1. The Balaban J connectivity index is 1.64. The molecule has 0 saturated heterocycles. The second kappa shape index (κ2) is 6.65. The van der Waals surface area contributed by atoms with E-state index in [0.29, 0.717) is 12.0 Å². The molecule has 1 unspecified atom stereocenters. The molecule has 0 saturated carbocycles. The lowest BCUT2D eigenvalue weighted by Gasteiger charge is -2.24. The minimum atomic E-state index is -0.979. The Morgan fingerprint density at radius 1 is 1.21 bits per heavy atom. The second-order valence-electron chi connectivity index (χ2n) is 6.56. The topological polar surface area (TPSA) is 58.6 Å². The van der Waals surface area contributed by atoms with Crippen LogP contribution in [-0.2, 0) is 12.0 Å². The lowest BCUT2D eigenvalue weighted by Crippen LogP contribution is -2.39. The average Bonchev–Trinajstić information content (AvgIpc) is 2.91. The summed E-state index contributed by atoms with van der Waals surface area (Å²) in [5.74, 6) is 0.550. The number of ether oxygens (including phenoxy) is 1. The number of fused-ring (bicyclic) bond motifs is 1. The standard InChI is InChI=1S/C20H23NO3/c1-14(2)24-17-9-7-16(8-10-17)19(22)21-13-20(23)12-11-15-5-3-4-6-18(15)20/h3-10,14,23H,11-13H2,1-2H3,(H,21,22). The van der Waals surface area contributed by atoms with Crippen molar-refractivity contribution in [3.63, 3.8) is 0 Å². The summed E-state index contributed by atoms with van der Waals surface area (Å²) >= 11 is 0. The quantitative estimate of drug-likeness (QED) is 0.888. The molecule has 1 aliphatic carbocycles. The zero-order chi connectivity index (χ0) is 17.2. The number of aryl methyl sites for hydroxylation is 1. The summed E-state index contributed by atoms with van der Waals surface area (Å²) in [6, 6.07) is 14.9. The zero-order valence-electron chi connectivity index (χ0n) is 14.1. The lowest BCUT2D eigenvalue weighted by molar-refractivity contribution is 0.0369. The summed E-state index contributed by atoms with van der Waals surface area (Å²) in [6.45, 7) is 4.13. The molecule has 1 atom stereocenters. The minimum absolute atomic E-state index is 0.0985. The molecule has 0 aromatic heterocycles. The Morgan fingerprint density at radius 3 is 2.62 bits per heavy atom. The molecule has 2 aromatic rings. The summed E-state index contributed by atoms with van der Waals surface area (Å²) in [7, 11) is 0. The highest BCUT2D eigenvalue weighted by Gasteiger charge is 2.36. The van der Waals surface area contributed by atoms with Gasteiger partial charge in [0.15, 0.2) is 0 Å². The van der Waals surface area contributed by atoms with Gasteiger partial charge in [0.05, 0.1) is 12.6 Å². The van der Waals surface area contributed by atoms with E-state index in [0.717, 1.165) is 23.3 Å². The van der Waals surface area contributed by atoms with Crippen molar-refractivity contribution >= 4 is 5.91 Å². The Morgan fingerprint density at radius 2 is 1.92 bits per heavy atom. The SMILES string of the molecule is CC(C)Oc1ccc(C(=O)NCC2(O)CCc3ccccc32)cc1. The van der Waals surface area contributed by atoms with Crippen LogP contribution in [0, 0.1) is 0 Å². The van der Waals surface area contributed by atoms with Gasteiger partial charge >= 0.3 is 0 Å². The molecule has 4 nitrogen and oxygen atoms in total. The van der Waals surface area contributed by atoms with Gasteiger partial charge in [-0.05, 0) is 62.1 Å². The number of rotatable bonds is 5. The van der Waals surface area contributed by atoms with Crippen molar-refractivity contribution in [2.75, 3.05) is 6.54 Å². The van der Waals surface area contributed by atoms with Gasteiger partial charge in [0.25, 0.3) is 5.91 Å². The first-order valence-electron chi connectivity index (χ1n) is 8.34. The summed E-state index contributed by atoms with van der Waals surface area (Å²) in [4.78, 5) is 12.3. The third-order valence-electron chi connectivity index (χ3n) is 4.36. The van der Waals surface area contributed by atoms with Gasteiger partial charge in [-0.1, -0.05) is 24.3 Å². The number of hydrogen-bond acceptors (Lipinski definition) is 3. The highest BCUT2D eigenvalue weighted by atomic mass is 16.5. The van der Waals surface area contributed by atoms with Crippen LogP contribution in [0.25, 0.3) is 0 Å². The van der Waals surface area contributed by atoms with Gasteiger partial charge in [-0.3, -0.25) is 4.79 Å². The minimum Gasteiger partial charge on any atom is -0.491 e. The number of amides is 1. The smallest absolute Gasteiger partial charge is 0.251 e.